The molecule has 0 bridgehead atoms. The van der Waals surface area contributed by atoms with Crippen LogP contribution in [0.4, 0.5) is 0 Å². The minimum atomic E-state index is -1.47. The van der Waals surface area contributed by atoms with Gasteiger partial charge in [0.2, 0.25) is 5.91 Å². The summed E-state index contributed by atoms with van der Waals surface area (Å²) in [5.41, 5.74) is 3.77. The molecule has 15 heavy (non-hydrogen) atoms. The molecule has 0 radical (unpaired) electrons. The van der Waals surface area contributed by atoms with Crippen molar-refractivity contribution in [1.82, 2.24) is 5.32 Å². The van der Waals surface area contributed by atoms with Crippen LogP contribution in [0.25, 0.3) is 0 Å². The van der Waals surface area contributed by atoms with Crippen LogP contribution in [0, 0.1) is 0 Å². The second kappa shape index (κ2) is 4.74. The topological polar surface area (TPSA) is 130 Å². The van der Waals surface area contributed by atoms with Crippen molar-refractivity contribution in [2.75, 3.05) is 0 Å². The van der Waals surface area contributed by atoms with E-state index >= 15 is 0 Å². The fourth-order valence-electron chi connectivity index (χ4n) is 0.735. The van der Waals surface area contributed by atoms with Crippen LogP contribution >= 0.6 is 0 Å². The SMILES string of the molecule is CC(C)(NC(=O)C(N)CC(=O)O)C(=O)O. The summed E-state index contributed by atoms with van der Waals surface area (Å²) in [6, 6.07) is -1.25. The largest absolute Gasteiger partial charge is 0.481 e. The molecule has 0 aliphatic carbocycles. The van der Waals surface area contributed by atoms with E-state index in [4.69, 9.17) is 15.9 Å². The summed E-state index contributed by atoms with van der Waals surface area (Å²) in [6.07, 6.45) is -0.540. The summed E-state index contributed by atoms with van der Waals surface area (Å²) in [6.45, 7) is 2.56. The van der Waals surface area contributed by atoms with Gasteiger partial charge in [-0.15, -0.1) is 0 Å². The van der Waals surface area contributed by atoms with Gasteiger partial charge in [0.05, 0.1) is 12.5 Å². The summed E-state index contributed by atoms with van der Waals surface area (Å²) < 4.78 is 0. The number of amides is 1. The van der Waals surface area contributed by atoms with Gasteiger partial charge < -0.3 is 21.3 Å². The number of carboxylic acids is 2. The van der Waals surface area contributed by atoms with Crippen molar-refractivity contribution in [3.63, 3.8) is 0 Å². The molecule has 0 fully saturated rings. The Balaban J connectivity index is 4.36. The minimum absolute atomic E-state index is 0.540. The first-order valence-electron chi connectivity index (χ1n) is 4.19. The summed E-state index contributed by atoms with van der Waals surface area (Å²) in [5.74, 6) is -3.24. The summed E-state index contributed by atoms with van der Waals surface area (Å²) in [4.78, 5) is 32.1. The molecule has 1 atom stereocenters. The molecule has 1 unspecified atom stereocenters. The van der Waals surface area contributed by atoms with E-state index in [2.05, 4.69) is 5.32 Å². The van der Waals surface area contributed by atoms with E-state index in [9.17, 15) is 14.4 Å². The Morgan fingerprint density at radius 3 is 2.13 bits per heavy atom. The molecule has 7 heteroatoms. The second-order valence-corrected chi connectivity index (χ2v) is 3.62. The Morgan fingerprint density at radius 1 is 1.33 bits per heavy atom. The van der Waals surface area contributed by atoms with E-state index in [0.717, 1.165) is 0 Å². The van der Waals surface area contributed by atoms with Crippen LogP contribution in [0.15, 0.2) is 0 Å². The quantitative estimate of drug-likeness (QED) is 0.457. The van der Waals surface area contributed by atoms with E-state index in [0.29, 0.717) is 0 Å². The maximum absolute atomic E-state index is 11.2. The van der Waals surface area contributed by atoms with Crippen LogP contribution in [-0.2, 0) is 14.4 Å². The Labute approximate surface area is 86.3 Å². The third-order valence-electron chi connectivity index (χ3n) is 1.70. The zero-order chi connectivity index (χ0) is 12.2. The maximum atomic E-state index is 11.2. The number of hydrogen-bond acceptors (Lipinski definition) is 4. The first-order valence-corrected chi connectivity index (χ1v) is 4.19. The predicted molar refractivity (Wildman–Crippen MR) is 50.1 cm³/mol. The fraction of sp³-hybridized carbons (Fsp3) is 0.625. The van der Waals surface area contributed by atoms with Gasteiger partial charge in [0.15, 0.2) is 0 Å². The fourth-order valence-corrected chi connectivity index (χ4v) is 0.735. The van der Waals surface area contributed by atoms with Crippen molar-refractivity contribution in [3.8, 4) is 0 Å². The van der Waals surface area contributed by atoms with E-state index in [1.165, 1.54) is 13.8 Å². The standard InChI is InChI=1S/C8H14N2O5/c1-8(2,7(14)15)10-6(13)4(9)3-5(11)12/h4H,3,9H2,1-2H3,(H,10,13)(H,11,12)(H,14,15). The van der Waals surface area contributed by atoms with Crippen LogP contribution in [0.1, 0.15) is 20.3 Å². The van der Waals surface area contributed by atoms with Gasteiger partial charge in [-0.05, 0) is 13.8 Å². The summed E-state index contributed by atoms with van der Waals surface area (Å²) in [7, 11) is 0. The van der Waals surface area contributed by atoms with Crippen LogP contribution in [-0.4, -0.2) is 39.6 Å². The minimum Gasteiger partial charge on any atom is -0.481 e. The number of aliphatic carboxylic acids is 2. The second-order valence-electron chi connectivity index (χ2n) is 3.62. The molecule has 0 aliphatic heterocycles. The zero-order valence-corrected chi connectivity index (χ0v) is 8.48. The summed E-state index contributed by atoms with van der Waals surface area (Å²) in [5, 5.41) is 19.2. The van der Waals surface area contributed by atoms with Crippen LogP contribution in [0.3, 0.4) is 0 Å². The lowest BCUT2D eigenvalue weighted by atomic mass is 10.1. The molecule has 1 amide bonds. The molecule has 0 rings (SSSR count). The molecule has 0 aromatic rings. The van der Waals surface area contributed by atoms with Crippen LogP contribution < -0.4 is 11.1 Å². The third-order valence-corrected chi connectivity index (χ3v) is 1.70. The van der Waals surface area contributed by atoms with E-state index in [-0.39, 0.29) is 0 Å². The van der Waals surface area contributed by atoms with E-state index in [1.807, 2.05) is 0 Å². The van der Waals surface area contributed by atoms with E-state index in [1.54, 1.807) is 0 Å². The number of carbonyl (C=O) groups is 3. The van der Waals surface area contributed by atoms with Gasteiger partial charge in [0, 0.05) is 0 Å². The third kappa shape index (κ3) is 4.41. The van der Waals surface area contributed by atoms with Crippen molar-refractivity contribution < 1.29 is 24.6 Å². The highest BCUT2D eigenvalue weighted by Gasteiger charge is 2.31. The molecule has 0 heterocycles. The van der Waals surface area contributed by atoms with E-state index < -0.39 is 35.8 Å². The highest BCUT2D eigenvalue weighted by Crippen LogP contribution is 2.02. The van der Waals surface area contributed by atoms with Gasteiger partial charge in [0.1, 0.15) is 5.54 Å². The molecular weight excluding hydrogens is 204 g/mol. The van der Waals surface area contributed by atoms with Crippen molar-refractivity contribution in [1.29, 1.82) is 0 Å². The Kier molecular flexibility index (Phi) is 4.22. The molecule has 0 aromatic carbocycles. The Bertz CT molecular complexity index is 287. The zero-order valence-electron chi connectivity index (χ0n) is 8.48. The first kappa shape index (κ1) is 13.4. The lowest BCUT2D eigenvalue weighted by molar-refractivity contribution is -0.146. The molecule has 0 aromatic heterocycles. The summed E-state index contributed by atoms with van der Waals surface area (Å²) >= 11 is 0. The van der Waals surface area contributed by atoms with Crippen molar-refractivity contribution in [2.45, 2.75) is 31.8 Å². The molecule has 0 saturated heterocycles. The van der Waals surface area contributed by atoms with Gasteiger partial charge in [-0.2, -0.15) is 0 Å². The first-order chi connectivity index (χ1) is 6.66. The Morgan fingerprint density at radius 2 is 1.80 bits per heavy atom. The number of nitrogens with one attached hydrogen (secondary N) is 1. The van der Waals surface area contributed by atoms with Gasteiger partial charge in [-0.3, -0.25) is 9.59 Å². The maximum Gasteiger partial charge on any atom is 0.328 e. The molecular formula is C8H14N2O5. The van der Waals surface area contributed by atoms with Crippen molar-refractivity contribution >= 4 is 17.8 Å². The number of hydrogen-bond donors (Lipinski definition) is 4. The van der Waals surface area contributed by atoms with Crippen molar-refractivity contribution in [3.05, 3.63) is 0 Å². The van der Waals surface area contributed by atoms with Gasteiger partial charge in [0.25, 0.3) is 0 Å². The number of carbonyl (C=O) groups excluding carboxylic acids is 1. The number of carboxylic acid groups (broad SMARTS) is 2. The van der Waals surface area contributed by atoms with Gasteiger partial charge >= 0.3 is 11.9 Å². The molecule has 0 aliphatic rings. The number of nitrogens with two attached hydrogens (primary N) is 1. The van der Waals surface area contributed by atoms with Gasteiger partial charge in [-0.1, -0.05) is 0 Å². The van der Waals surface area contributed by atoms with Crippen LogP contribution in [0.2, 0.25) is 0 Å². The molecule has 86 valence electrons. The average molecular weight is 218 g/mol. The molecule has 5 N–H and O–H groups in total. The predicted octanol–water partition coefficient (Wildman–Crippen LogP) is -1.23. The number of rotatable bonds is 5. The highest BCUT2D eigenvalue weighted by molar-refractivity contribution is 5.90. The lowest BCUT2D eigenvalue weighted by Crippen LogP contribution is -2.54. The van der Waals surface area contributed by atoms with Crippen LogP contribution in [0.5, 0.6) is 0 Å². The molecule has 0 spiro atoms. The van der Waals surface area contributed by atoms with Gasteiger partial charge in [-0.25, -0.2) is 4.79 Å². The average Bonchev–Trinajstić information content (AvgIpc) is 2.01. The molecule has 7 nitrogen and oxygen atoms in total. The molecule has 0 saturated carbocycles. The smallest absolute Gasteiger partial charge is 0.328 e. The lowest BCUT2D eigenvalue weighted by Gasteiger charge is -2.22. The Hall–Kier alpha value is -1.63. The monoisotopic (exact) mass is 218 g/mol. The highest BCUT2D eigenvalue weighted by atomic mass is 16.4. The van der Waals surface area contributed by atoms with Crippen molar-refractivity contribution in [2.24, 2.45) is 5.73 Å². The normalized spacial score (nSPS) is 13.0.